The zero-order valence-corrected chi connectivity index (χ0v) is 19.1. The van der Waals surface area contributed by atoms with E-state index in [1.54, 1.807) is 26.0 Å². The van der Waals surface area contributed by atoms with Crippen molar-refractivity contribution in [3.05, 3.63) is 56.5 Å². The fraction of sp³-hybridized carbons (Fsp3) is 0.200. The van der Waals surface area contributed by atoms with Crippen LogP contribution < -0.4 is 10.6 Å². The third kappa shape index (κ3) is 4.81. The molecule has 0 bridgehead atoms. The Kier molecular flexibility index (Phi) is 6.95. The van der Waals surface area contributed by atoms with E-state index in [0.717, 1.165) is 22.7 Å². The third-order valence-corrected chi connectivity index (χ3v) is 6.30. The summed E-state index contributed by atoms with van der Waals surface area (Å²) in [5.74, 6) is -2.26. The van der Waals surface area contributed by atoms with Crippen LogP contribution in [-0.4, -0.2) is 47.9 Å². The van der Waals surface area contributed by atoms with E-state index in [-0.39, 0.29) is 31.1 Å². The average molecular weight is 475 g/mol. The molecule has 0 fully saturated rings. The summed E-state index contributed by atoms with van der Waals surface area (Å²) in [6, 6.07) is 6.20. The van der Waals surface area contributed by atoms with E-state index in [2.05, 4.69) is 20.6 Å². The summed E-state index contributed by atoms with van der Waals surface area (Å²) in [6.45, 7) is 3.25. The first-order valence-electron chi connectivity index (χ1n) is 9.08. The second-order valence-electron chi connectivity index (χ2n) is 6.30. The van der Waals surface area contributed by atoms with E-state index >= 15 is 0 Å². The SMILES string of the molecule is COC(=O)c1sc(NC(=O)c2ccccc2C(=O)Nc2nc(C)c(C(=O)OC)s2)nc1C. The second-order valence-corrected chi connectivity index (χ2v) is 8.30. The summed E-state index contributed by atoms with van der Waals surface area (Å²) in [4.78, 5) is 58.0. The normalized spacial score (nSPS) is 10.4. The topological polar surface area (TPSA) is 137 Å². The van der Waals surface area contributed by atoms with Gasteiger partial charge in [0.15, 0.2) is 10.3 Å². The molecule has 0 saturated carbocycles. The van der Waals surface area contributed by atoms with Gasteiger partial charge in [-0.25, -0.2) is 19.6 Å². The van der Waals surface area contributed by atoms with Gasteiger partial charge in [0.05, 0.1) is 36.7 Å². The van der Waals surface area contributed by atoms with E-state index in [1.165, 1.54) is 26.4 Å². The van der Waals surface area contributed by atoms with E-state index in [4.69, 9.17) is 9.47 Å². The van der Waals surface area contributed by atoms with Gasteiger partial charge in [-0.2, -0.15) is 0 Å². The number of benzene rings is 1. The number of hydrogen-bond acceptors (Lipinski definition) is 10. The van der Waals surface area contributed by atoms with Gasteiger partial charge in [0.25, 0.3) is 11.8 Å². The van der Waals surface area contributed by atoms with Crippen LogP contribution in [0.1, 0.15) is 51.4 Å². The minimum atomic E-state index is -0.577. The molecule has 2 heterocycles. The van der Waals surface area contributed by atoms with Crippen molar-refractivity contribution in [3.8, 4) is 0 Å². The van der Waals surface area contributed by atoms with Gasteiger partial charge in [-0.15, -0.1) is 0 Å². The number of aryl methyl sites for hydroxylation is 2. The zero-order chi connectivity index (χ0) is 23.4. The highest BCUT2D eigenvalue weighted by molar-refractivity contribution is 7.18. The van der Waals surface area contributed by atoms with Crippen LogP contribution in [0.4, 0.5) is 10.3 Å². The fourth-order valence-corrected chi connectivity index (χ4v) is 4.43. The highest BCUT2D eigenvalue weighted by Gasteiger charge is 2.22. The molecule has 2 N–H and O–H groups in total. The molecule has 166 valence electrons. The van der Waals surface area contributed by atoms with Crippen LogP contribution in [-0.2, 0) is 9.47 Å². The van der Waals surface area contributed by atoms with Crippen LogP contribution in [0.3, 0.4) is 0 Å². The van der Waals surface area contributed by atoms with Gasteiger partial charge in [0.1, 0.15) is 9.75 Å². The molecule has 3 aromatic rings. The Hall–Kier alpha value is -3.64. The molecule has 0 saturated heterocycles. The number of hydrogen-bond donors (Lipinski definition) is 2. The minimum Gasteiger partial charge on any atom is -0.465 e. The van der Waals surface area contributed by atoms with Crippen molar-refractivity contribution in [2.75, 3.05) is 24.9 Å². The number of methoxy groups -OCH3 is 2. The van der Waals surface area contributed by atoms with E-state index in [0.29, 0.717) is 11.4 Å². The van der Waals surface area contributed by atoms with Crippen molar-refractivity contribution in [3.63, 3.8) is 0 Å². The summed E-state index contributed by atoms with van der Waals surface area (Å²) in [6.07, 6.45) is 0. The maximum atomic E-state index is 12.8. The number of amides is 2. The fourth-order valence-electron chi connectivity index (χ4n) is 2.67. The molecule has 0 aliphatic carbocycles. The molecule has 2 aromatic heterocycles. The van der Waals surface area contributed by atoms with Gasteiger partial charge in [-0.3, -0.25) is 20.2 Å². The summed E-state index contributed by atoms with van der Waals surface area (Å²) in [5, 5.41) is 5.59. The van der Waals surface area contributed by atoms with Gasteiger partial charge < -0.3 is 9.47 Å². The highest BCUT2D eigenvalue weighted by atomic mass is 32.1. The number of nitrogens with zero attached hydrogens (tertiary/aromatic N) is 2. The van der Waals surface area contributed by atoms with Crippen LogP contribution in [0.15, 0.2) is 24.3 Å². The smallest absolute Gasteiger partial charge is 0.350 e. The second kappa shape index (κ2) is 9.66. The molecule has 0 unspecified atom stereocenters. The molecule has 1 aromatic carbocycles. The zero-order valence-electron chi connectivity index (χ0n) is 17.5. The monoisotopic (exact) mass is 474 g/mol. The molecular formula is C20H18N4O6S2. The number of rotatable bonds is 6. The third-order valence-electron chi connectivity index (χ3n) is 4.19. The minimum absolute atomic E-state index is 0.0962. The lowest BCUT2D eigenvalue weighted by molar-refractivity contribution is 0.0596. The summed E-state index contributed by atoms with van der Waals surface area (Å²) in [5.41, 5.74) is 1.03. The van der Waals surface area contributed by atoms with Gasteiger partial charge in [0.2, 0.25) is 0 Å². The number of aromatic nitrogens is 2. The van der Waals surface area contributed by atoms with Crippen LogP contribution in [0.2, 0.25) is 0 Å². The maximum absolute atomic E-state index is 12.8. The number of thiazole rings is 2. The number of esters is 2. The van der Waals surface area contributed by atoms with Crippen LogP contribution in [0.5, 0.6) is 0 Å². The molecule has 0 aliphatic heterocycles. The van der Waals surface area contributed by atoms with E-state index in [9.17, 15) is 19.2 Å². The summed E-state index contributed by atoms with van der Waals surface area (Å²) in [7, 11) is 2.51. The van der Waals surface area contributed by atoms with Crippen molar-refractivity contribution >= 4 is 56.7 Å². The lowest BCUT2D eigenvalue weighted by atomic mass is 10.1. The van der Waals surface area contributed by atoms with Gasteiger partial charge in [-0.05, 0) is 26.0 Å². The molecule has 0 radical (unpaired) electrons. The van der Waals surface area contributed by atoms with E-state index in [1.807, 2.05) is 0 Å². The highest BCUT2D eigenvalue weighted by Crippen LogP contribution is 2.26. The first-order chi connectivity index (χ1) is 15.2. The first kappa shape index (κ1) is 23.0. The Labute approximate surface area is 190 Å². The molecule has 10 nitrogen and oxygen atoms in total. The lowest BCUT2D eigenvalue weighted by Gasteiger charge is -2.08. The number of carbonyl (C=O) groups is 4. The molecule has 3 rings (SSSR count). The molecule has 32 heavy (non-hydrogen) atoms. The molecule has 2 amide bonds. The van der Waals surface area contributed by atoms with Crippen LogP contribution in [0, 0.1) is 13.8 Å². The van der Waals surface area contributed by atoms with E-state index < -0.39 is 23.8 Å². The van der Waals surface area contributed by atoms with Gasteiger partial charge >= 0.3 is 11.9 Å². The quantitative estimate of drug-likeness (QED) is 0.519. The number of carbonyl (C=O) groups excluding carboxylic acids is 4. The van der Waals surface area contributed by atoms with Crippen LogP contribution >= 0.6 is 22.7 Å². The molecule has 0 aliphatic rings. The predicted octanol–water partition coefficient (Wildman–Crippen LogP) is 3.29. The average Bonchev–Trinajstić information content (AvgIpc) is 3.33. The number of ether oxygens (including phenoxy) is 2. The lowest BCUT2D eigenvalue weighted by Crippen LogP contribution is -2.20. The van der Waals surface area contributed by atoms with Crippen molar-refractivity contribution in [2.24, 2.45) is 0 Å². The number of anilines is 2. The summed E-state index contributed by atoms with van der Waals surface area (Å²) < 4.78 is 9.38. The van der Waals surface area contributed by atoms with Gasteiger partial charge in [-0.1, -0.05) is 34.8 Å². The van der Waals surface area contributed by atoms with Crippen molar-refractivity contribution < 1.29 is 28.7 Å². The Bertz CT molecular complexity index is 1120. The molecule has 12 heteroatoms. The van der Waals surface area contributed by atoms with Crippen molar-refractivity contribution in [1.29, 1.82) is 0 Å². The van der Waals surface area contributed by atoms with Crippen molar-refractivity contribution in [1.82, 2.24) is 9.97 Å². The molecule has 0 atom stereocenters. The van der Waals surface area contributed by atoms with Crippen molar-refractivity contribution in [2.45, 2.75) is 13.8 Å². The Balaban J connectivity index is 1.81. The number of nitrogens with one attached hydrogen (secondary N) is 2. The summed E-state index contributed by atoms with van der Waals surface area (Å²) >= 11 is 1.94. The predicted molar refractivity (Wildman–Crippen MR) is 119 cm³/mol. The molecular weight excluding hydrogens is 456 g/mol. The Morgan fingerprint density at radius 3 is 1.47 bits per heavy atom. The first-order valence-corrected chi connectivity index (χ1v) is 10.7. The molecule has 0 spiro atoms. The Morgan fingerprint density at radius 1 is 0.750 bits per heavy atom. The maximum Gasteiger partial charge on any atom is 0.350 e. The largest absolute Gasteiger partial charge is 0.465 e. The standard InChI is InChI=1S/C20H18N4O6S2/c1-9-13(17(27)29-3)31-19(21-9)23-15(25)11-7-5-6-8-12(11)16(26)24-20-22-10(2)14(32-20)18(28)30-4/h5-8H,1-4H3,(H,21,23,25)(H,22,24,26). The van der Waals surface area contributed by atoms with Crippen LogP contribution in [0.25, 0.3) is 0 Å². The van der Waals surface area contributed by atoms with Gasteiger partial charge in [0, 0.05) is 0 Å². The Morgan fingerprint density at radius 2 is 1.12 bits per heavy atom.